The Morgan fingerprint density at radius 1 is 1.37 bits per heavy atom. The number of ether oxygens (including phenoxy) is 1. The molecule has 2 amide bonds. The molecule has 8 nitrogen and oxygen atoms in total. The molecule has 1 aliphatic heterocycles. The van der Waals surface area contributed by atoms with Crippen LogP contribution in [0.5, 0.6) is 5.75 Å². The molecule has 1 fully saturated rings. The van der Waals surface area contributed by atoms with Crippen molar-refractivity contribution in [3.8, 4) is 5.75 Å². The van der Waals surface area contributed by atoms with Gasteiger partial charge in [0.25, 0.3) is 5.91 Å². The Bertz CT molecular complexity index is 1130. The van der Waals surface area contributed by atoms with Gasteiger partial charge in [-0.1, -0.05) is 18.2 Å². The summed E-state index contributed by atoms with van der Waals surface area (Å²) in [7, 11) is 1.62. The fourth-order valence-corrected chi connectivity index (χ4v) is 3.57. The molecular weight excluding hydrogens is 391 g/mol. The standard InChI is InChI=1S/C21H21FN4O4/c1-26-18(19(28)24-21(12-27)8-9-23-20(21)29)15-10-14(6-7-17(15)25-26)30-11-13-4-2-3-5-16(13)22/h2-7,10,27H,8-9,11-12H2,1H3,(H,23,29)(H,24,28). The van der Waals surface area contributed by atoms with Gasteiger partial charge in [0, 0.05) is 24.5 Å². The van der Waals surface area contributed by atoms with Gasteiger partial charge in [-0.2, -0.15) is 5.10 Å². The highest BCUT2D eigenvalue weighted by atomic mass is 19.1. The molecule has 0 bridgehead atoms. The van der Waals surface area contributed by atoms with Crippen molar-refractivity contribution in [1.82, 2.24) is 20.4 Å². The van der Waals surface area contributed by atoms with E-state index in [1.165, 1.54) is 10.7 Å². The summed E-state index contributed by atoms with van der Waals surface area (Å²) in [6.45, 7) is -0.0923. The van der Waals surface area contributed by atoms with Crippen LogP contribution in [-0.2, 0) is 18.4 Å². The maximum atomic E-state index is 13.8. The molecule has 1 aromatic heterocycles. The molecule has 9 heteroatoms. The molecule has 3 aromatic rings. The average molecular weight is 412 g/mol. The molecule has 4 rings (SSSR count). The van der Waals surface area contributed by atoms with Crippen LogP contribution in [0.1, 0.15) is 22.5 Å². The van der Waals surface area contributed by atoms with Gasteiger partial charge in [-0.05, 0) is 30.7 Å². The van der Waals surface area contributed by atoms with Crippen molar-refractivity contribution in [2.75, 3.05) is 13.2 Å². The monoisotopic (exact) mass is 412 g/mol. The lowest BCUT2D eigenvalue weighted by Crippen LogP contribution is -2.56. The summed E-state index contributed by atoms with van der Waals surface area (Å²) in [6, 6.07) is 11.4. The van der Waals surface area contributed by atoms with Gasteiger partial charge in [0.1, 0.15) is 29.4 Å². The van der Waals surface area contributed by atoms with E-state index in [4.69, 9.17) is 4.74 Å². The molecular formula is C21H21FN4O4. The number of halogens is 1. The third kappa shape index (κ3) is 3.48. The van der Waals surface area contributed by atoms with Crippen LogP contribution in [0.2, 0.25) is 0 Å². The van der Waals surface area contributed by atoms with Gasteiger partial charge in [-0.25, -0.2) is 4.39 Å². The number of aliphatic hydroxyl groups is 1. The van der Waals surface area contributed by atoms with Gasteiger partial charge in [-0.15, -0.1) is 0 Å². The number of aromatic nitrogens is 2. The smallest absolute Gasteiger partial charge is 0.271 e. The Kier molecular flexibility index (Phi) is 5.13. The Morgan fingerprint density at radius 2 is 2.17 bits per heavy atom. The lowest BCUT2D eigenvalue weighted by atomic mass is 9.98. The molecule has 0 aliphatic carbocycles. The van der Waals surface area contributed by atoms with E-state index < -0.39 is 24.0 Å². The van der Waals surface area contributed by atoms with Crippen LogP contribution in [0.3, 0.4) is 0 Å². The van der Waals surface area contributed by atoms with Gasteiger partial charge in [0.2, 0.25) is 5.91 Å². The van der Waals surface area contributed by atoms with Crippen LogP contribution >= 0.6 is 0 Å². The van der Waals surface area contributed by atoms with Crippen LogP contribution in [0, 0.1) is 5.82 Å². The predicted octanol–water partition coefficient (Wildman–Crippen LogP) is 1.27. The molecule has 1 unspecified atom stereocenters. The minimum absolute atomic E-state index is 0.0355. The zero-order valence-corrected chi connectivity index (χ0v) is 16.3. The number of fused-ring (bicyclic) bond motifs is 1. The van der Waals surface area contributed by atoms with E-state index in [0.717, 1.165) is 0 Å². The van der Waals surface area contributed by atoms with Gasteiger partial charge >= 0.3 is 0 Å². The second kappa shape index (κ2) is 7.75. The lowest BCUT2D eigenvalue weighted by Gasteiger charge is -2.24. The highest BCUT2D eigenvalue weighted by Crippen LogP contribution is 2.26. The molecule has 1 saturated heterocycles. The number of carbonyl (C=O) groups is 2. The van der Waals surface area contributed by atoms with E-state index in [2.05, 4.69) is 15.7 Å². The van der Waals surface area contributed by atoms with Crippen molar-refractivity contribution in [2.45, 2.75) is 18.6 Å². The van der Waals surface area contributed by atoms with Gasteiger partial charge in [0.05, 0.1) is 12.1 Å². The first kappa shape index (κ1) is 19.8. The molecule has 1 aliphatic rings. The Labute approximate surface area is 171 Å². The van der Waals surface area contributed by atoms with Crippen molar-refractivity contribution >= 4 is 22.7 Å². The third-order valence-corrected chi connectivity index (χ3v) is 5.27. The number of amides is 2. The van der Waals surface area contributed by atoms with Crippen molar-refractivity contribution in [1.29, 1.82) is 0 Å². The van der Waals surface area contributed by atoms with Crippen LogP contribution in [0.4, 0.5) is 4.39 Å². The summed E-state index contributed by atoms with van der Waals surface area (Å²) in [5.74, 6) is -0.858. The lowest BCUT2D eigenvalue weighted by molar-refractivity contribution is -0.125. The summed E-state index contributed by atoms with van der Waals surface area (Å²) >= 11 is 0. The molecule has 2 aromatic carbocycles. The molecule has 1 atom stereocenters. The minimum Gasteiger partial charge on any atom is -0.489 e. The molecule has 156 valence electrons. The maximum absolute atomic E-state index is 13.8. The number of aryl methyl sites for hydroxylation is 1. The summed E-state index contributed by atoms with van der Waals surface area (Å²) in [5, 5.41) is 19.8. The highest BCUT2D eigenvalue weighted by molar-refractivity contribution is 6.07. The molecule has 2 heterocycles. The first-order valence-electron chi connectivity index (χ1n) is 9.48. The molecule has 0 saturated carbocycles. The van der Waals surface area contributed by atoms with Crippen LogP contribution in [-0.4, -0.2) is 45.4 Å². The summed E-state index contributed by atoms with van der Waals surface area (Å²) in [4.78, 5) is 25.1. The quantitative estimate of drug-likeness (QED) is 0.566. The third-order valence-electron chi connectivity index (χ3n) is 5.27. The van der Waals surface area contributed by atoms with E-state index in [1.54, 1.807) is 43.4 Å². The number of nitrogens with zero attached hydrogens (tertiary/aromatic N) is 2. The van der Waals surface area contributed by atoms with E-state index in [-0.39, 0.29) is 18.1 Å². The summed E-state index contributed by atoms with van der Waals surface area (Å²) < 4.78 is 20.9. The second-order valence-electron chi connectivity index (χ2n) is 7.23. The Morgan fingerprint density at radius 3 is 2.87 bits per heavy atom. The van der Waals surface area contributed by atoms with Crippen LogP contribution < -0.4 is 15.4 Å². The molecule has 0 spiro atoms. The Balaban J connectivity index is 1.61. The van der Waals surface area contributed by atoms with Crippen molar-refractivity contribution in [3.05, 3.63) is 59.5 Å². The molecule has 0 radical (unpaired) electrons. The molecule has 3 N–H and O–H groups in total. The van der Waals surface area contributed by atoms with E-state index in [1.807, 2.05) is 0 Å². The fraction of sp³-hybridized carbons (Fsp3) is 0.286. The van der Waals surface area contributed by atoms with E-state index in [9.17, 15) is 19.1 Å². The zero-order valence-electron chi connectivity index (χ0n) is 16.3. The van der Waals surface area contributed by atoms with E-state index in [0.29, 0.717) is 35.2 Å². The van der Waals surface area contributed by atoms with E-state index >= 15 is 0 Å². The predicted molar refractivity (Wildman–Crippen MR) is 106 cm³/mol. The fourth-order valence-electron chi connectivity index (χ4n) is 3.57. The van der Waals surface area contributed by atoms with Crippen molar-refractivity contribution < 1.29 is 23.8 Å². The summed E-state index contributed by atoms with van der Waals surface area (Å²) in [5.41, 5.74) is -0.144. The number of benzene rings is 2. The zero-order chi connectivity index (χ0) is 21.3. The van der Waals surface area contributed by atoms with Gasteiger partial charge in [0.15, 0.2) is 0 Å². The number of nitrogens with one attached hydrogen (secondary N) is 2. The average Bonchev–Trinajstić information content (AvgIpc) is 3.26. The SMILES string of the molecule is Cn1nc2ccc(OCc3ccccc3F)cc2c1C(=O)NC1(CO)CCNC1=O. The second-order valence-corrected chi connectivity index (χ2v) is 7.23. The number of carbonyl (C=O) groups excluding carboxylic acids is 2. The highest BCUT2D eigenvalue weighted by Gasteiger charge is 2.44. The van der Waals surface area contributed by atoms with Gasteiger partial charge < -0.3 is 20.5 Å². The normalized spacial score (nSPS) is 18.4. The molecule has 30 heavy (non-hydrogen) atoms. The van der Waals surface area contributed by atoms with Crippen molar-refractivity contribution in [2.24, 2.45) is 7.05 Å². The van der Waals surface area contributed by atoms with Crippen LogP contribution in [0.25, 0.3) is 10.9 Å². The largest absolute Gasteiger partial charge is 0.489 e. The van der Waals surface area contributed by atoms with Crippen molar-refractivity contribution in [3.63, 3.8) is 0 Å². The number of hydrogen-bond acceptors (Lipinski definition) is 5. The van der Waals surface area contributed by atoms with Gasteiger partial charge in [-0.3, -0.25) is 14.3 Å². The topological polar surface area (TPSA) is 105 Å². The number of hydrogen-bond donors (Lipinski definition) is 3. The Hall–Kier alpha value is -3.46. The first-order chi connectivity index (χ1) is 14.4. The number of rotatable bonds is 6. The minimum atomic E-state index is -1.35. The van der Waals surface area contributed by atoms with Crippen LogP contribution in [0.15, 0.2) is 42.5 Å². The maximum Gasteiger partial charge on any atom is 0.271 e. The number of aliphatic hydroxyl groups excluding tert-OH is 1. The first-order valence-corrected chi connectivity index (χ1v) is 9.48. The summed E-state index contributed by atoms with van der Waals surface area (Å²) in [6.07, 6.45) is 0.293.